The van der Waals surface area contributed by atoms with Gasteiger partial charge >= 0.3 is 0 Å². The van der Waals surface area contributed by atoms with E-state index >= 15 is 0 Å². The third-order valence-corrected chi connectivity index (χ3v) is 3.77. The van der Waals surface area contributed by atoms with Crippen molar-refractivity contribution in [2.24, 2.45) is 0 Å². The van der Waals surface area contributed by atoms with E-state index in [0.717, 1.165) is 11.3 Å². The van der Waals surface area contributed by atoms with E-state index in [4.69, 9.17) is 16.3 Å². The molecule has 7 heteroatoms. The fourth-order valence-corrected chi connectivity index (χ4v) is 2.39. The van der Waals surface area contributed by atoms with Crippen molar-refractivity contribution in [2.45, 2.75) is 6.42 Å². The van der Waals surface area contributed by atoms with Crippen LogP contribution in [0.25, 0.3) is 0 Å². The van der Waals surface area contributed by atoms with Crippen LogP contribution in [0.5, 0.6) is 5.88 Å². The summed E-state index contributed by atoms with van der Waals surface area (Å²) < 4.78 is 4.98. The Kier molecular flexibility index (Phi) is 4.77. The minimum atomic E-state index is -0.316. The van der Waals surface area contributed by atoms with Gasteiger partial charge in [-0.15, -0.1) is 0 Å². The molecule has 0 saturated carbocycles. The maximum absolute atomic E-state index is 12.2. The highest BCUT2D eigenvalue weighted by atomic mass is 35.5. The molecule has 0 bridgehead atoms. The summed E-state index contributed by atoms with van der Waals surface area (Å²) in [5, 5.41) is 10.3. The van der Waals surface area contributed by atoms with Crippen LogP contribution in [-0.4, -0.2) is 28.2 Å². The number of rotatable bonds is 5. The van der Waals surface area contributed by atoms with Gasteiger partial charge in [-0.3, -0.25) is 9.89 Å². The van der Waals surface area contributed by atoms with Crippen LogP contribution in [0, 0.1) is 0 Å². The Morgan fingerprint density at radius 1 is 1.29 bits per heavy atom. The van der Waals surface area contributed by atoms with E-state index in [1.807, 2.05) is 24.3 Å². The number of pyridine rings is 1. The van der Waals surface area contributed by atoms with Crippen LogP contribution in [0.4, 0.5) is 5.69 Å². The number of anilines is 1. The molecule has 0 fully saturated rings. The van der Waals surface area contributed by atoms with E-state index in [9.17, 15) is 4.79 Å². The molecule has 2 aromatic heterocycles. The smallest absolute Gasteiger partial charge is 0.276 e. The van der Waals surface area contributed by atoms with Gasteiger partial charge in [0, 0.05) is 23.2 Å². The number of carbonyl (C=O) groups is 1. The number of aromatic amines is 1. The van der Waals surface area contributed by atoms with Crippen molar-refractivity contribution in [1.82, 2.24) is 15.2 Å². The number of nitrogens with one attached hydrogen (secondary N) is 2. The van der Waals surface area contributed by atoms with Crippen molar-refractivity contribution in [3.8, 4) is 5.88 Å². The summed E-state index contributed by atoms with van der Waals surface area (Å²) >= 11 is 6.14. The molecular weight excluding hydrogens is 328 g/mol. The molecule has 0 aliphatic rings. The average molecular weight is 343 g/mol. The molecular formula is C17H15ClN4O2. The molecule has 2 heterocycles. The molecule has 0 aliphatic heterocycles. The number of aromatic nitrogens is 3. The van der Waals surface area contributed by atoms with Gasteiger partial charge in [0.25, 0.3) is 5.91 Å². The number of methoxy groups -OCH3 is 1. The first kappa shape index (κ1) is 16.0. The zero-order valence-corrected chi connectivity index (χ0v) is 13.7. The Balaban J connectivity index is 1.68. The third-order valence-electron chi connectivity index (χ3n) is 3.41. The molecule has 3 rings (SSSR count). The van der Waals surface area contributed by atoms with Gasteiger partial charge in [-0.1, -0.05) is 29.8 Å². The maximum Gasteiger partial charge on any atom is 0.276 e. The average Bonchev–Trinajstić information content (AvgIpc) is 3.06. The summed E-state index contributed by atoms with van der Waals surface area (Å²) in [5.74, 6) is 0.165. The standard InChI is InChI=1S/C17H15ClN4O2/c1-24-16-7-6-12(10-19-16)20-17(23)15-9-13(21-22-15)8-11-4-2-3-5-14(11)18/h2-7,9-10H,8H2,1H3,(H,20,23)(H,21,22). The van der Waals surface area contributed by atoms with Crippen molar-refractivity contribution in [2.75, 3.05) is 12.4 Å². The van der Waals surface area contributed by atoms with Crippen molar-refractivity contribution in [3.63, 3.8) is 0 Å². The summed E-state index contributed by atoms with van der Waals surface area (Å²) in [6, 6.07) is 12.6. The van der Waals surface area contributed by atoms with Gasteiger partial charge in [0.05, 0.1) is 19.0 Å². The molecule has 0 unspecified atom stereocenters. The van der Waals surface area contributed by atoms with Crippen LogP contribution in [0.3, 0.4) is 0 Å². The van der Waals surface area contributed by atoms with Crippen LogP contribution in [0.2, 0.25) is 5.02 Å². The number of nitrogens with zero attached hydrogens (tertiary/aromatic N) is 2. The van der Waals surface area contributed by atoms with Crippen LogP contribution in [-0.2, 0) is 6.42 Å². The predicted octanol–water partition coefficient (Wildman–Crippen LogP) is 3.31. The first-order chi connectivity index (χ1) is 11.7. The number of halogens is 1. The monoisotopic (exact) mass is 342 g/mol. The first-order valence-corrected chi connectivity index (χ1v) is 7.62. The lowest BCUT2D eigenvalue weighted by Gasteiger charge is -2.03. The number of benzene rings is 1. The highest BCUT2D eigenvalue weighted by Crippen LogP contribution is 2.18. The number of amides is 1. The number of hydrogen-bond donors (Lipinski definition) is 2. The van der Waals surface area contributed by atoms with Gasteiger partial charge in [0.15, 0.2) is 5.69 Å². The molecule has 1 aromatic carbocycles. The Morgan fingerprint density at radius 2 is 2.12 bits per heavy atom. The molecule has 2 N–H and O–H groups in total. The zero-order chi connectivity index (χ0) is 16.9. The van der Waals surface area contributed by atoms with Crippen LogP contribution < -0.4 is 10.1 Å². The van der Waals surface area contributed by atoms with Crippen LogP contribution >= 0.6 is 11.6 Å². The fourth-order valence-electron chi connectivity index (χ4n) is 2.19. The Bertz CT molecular complexity index is 846. The van der Waals surface area contributed by atoms with E-state index in [0.29, 0.717) is 28.7 Å². The summed E-state index contributed by atoms with van der Waals surface area (Å²) in [4.78, 5) is 16.3. The van der Waals surface area contributed by atoms with Crippen molar-refractivity contribution < 1.29 is 9.53 Å². The summed E-state index contributed by atoms with van der Waals surface area (Å²) in [5.41, 5.74) is 2.64. The Hall–Kier alpha value is -2.86. The number of ether oxygens (including phenoxy) is 1. The highest BCUT2D eigenvalue weighted by molar-refractivity contribution is 6.31. The minimum absolute atomic E-state index is 0.299. The number of hydrogen-bond acceptors (Lipinski definition) is 4. The van der Waals surface area contributed by atoms with E-state index in [-0.39, 0.29) is 5.91 Å². The summed E-state index contributed by atoms with van der Waals surface area (Å²) in [6.07, 6.45) is 2.10. The minimum Gasteiger partial charge on any atom is -0.481 e. The van der Waals surface area contributed by atoms with E-state index < -0.39 is 0 Å². The second kappa shape index (κ2) is 7.14. The van der Waals surface area contributed by atoms with Crippen LogP contribution in [0.15, 0.2) is 48.7 Å². The van der Waals surface area contributed by atoms with Gasteiger partial charge in [-0.2, -0.15) is 5.10 Å². The lowest BCUT2D eigenvalue weighted by Crippen LogP contribution is -2.12. The Morgan fingerprint density at radius 3 is 2.83 bits per heavy atom. The molecule has 0 radical (unpaired) electrons. The van der Waals surface area contributed by atoms with Gasteiger partial charge in [0.1, 0.15) is 0 Å². The Labute approximate surface area is 143 Å². The molecule has 122 valence electrons. The first-order valence-electron chi connectivity index (χ1n) is 7.25. The molecule has 0 spiro atoms. The largest absolute Gasteiger partial charge is 0.481 e. The predicted molar refractivity (Wildman–Crippen MR) is 91.6 cm³/mol. The van der Waals surface area contributed by atoms with Gasteiger partial charge in [-0.25, -0.2) is 4.98 Å². The topological polar surface area (TPSA) is 79.9 Å². The van der Waals surface area contributed by atoms with E-state index in [1.54, 1.807) is 18.2 Å². The molecule has 3 aromatic rings. The van der Waals surface area contributed by atoms with E-state index in [1.165, 1.54) is 13.3 Å². The van der Waals surface area contributed by atoms with Crippen molar-refractivity contribution in [3.05, 3.63) is 70.6 Å². The quantitative estimate of drug-likeness (QED) is 0.745. The number of H-pyrrole nitrogens is 1. The highest BCUT2D eigenvalue weighted by Gasteiger charge is 2.12. The fraction of sp³-hybridized carbons (Fsp3) is 0.118. The normalized spacial score (nSPS) is 10.4. The lowest BCUT2D eigenvalue weighted by atomic mass is 10.1. The summed E-state index contributed by atoms with van der Waals surface area (Å²) in [7, 11) is 1.53. The molecule has 6 nitrogen and oxygen atoms in total. The van der Waals surface area contributed by atoms with E-state index in [2.05, 4.69) is 20.5 Å². The number of carbonyl (C=O) groups excluding carboxylic acids is 1. The third kappa shape index (κ3) is 3.72. The lowest BCUT2D eigenvalue weighted by molar-refractivity contribution is 0.102. The molecule has 0 aliphatic carbocycles. The summed E-state index contributed by atoms with van der Waals surface area (Å²) in [6.45, 7) is 0. The van der Waals surface area contributed by atoms with Gasteiger partial charge < -0.3 is 10.1 Å². The maximum atomic E-state index is 12.2. The molecule has 24 heavy (non-hydrogen) atoms. The molecule has 1 amide bonds. The van der Waals surface area contributed by atoms with Gasteiger partial charge in [-0.05, 0) is 23.8 Å². The van der Waals surface area contributed by atoms with Crippen molar-refractivity contribution >= 4 is 23.2 Å². The molecule has 0 saturated heterocycles. The zero-order valence-electron chi connectivity index (χ0n) is 12.9. The van der Waals surface area contributed by atoms with Gasteiger partial charge in [0.2, 0.25) is 5.88 Å². The molecule has 0 atom stereocenters. The second-order valence-corrected chi connectivity index (χ2v) is 5.50. The second-order valence-electron chi connectivity index (χ2n) is 5.09. The van der Waals surface area contributed by atoms with Crippen LogP contribution in [0.1, 0.15) is 21.7 Å². The van der Waals surface area contributed by atoms with Crippen molar-refractivity contribution in [1.29, 1.82) is 0 Å². The SMILES string of the molecule is COc1ccc(NC(=O)c2cc(Cc3ccccc3Cl)[nH]n2)cn1.